The summed E-state index contributed by atoms with van der Waals surface area (Å²) in [6.07, 6.45) is -0.879. The topological polar surface area (TPSA) is 46.8 Å². The fourth-order valence-corrected chi connectivity index (χ4v) is 0.265. The van der Waals surface area contributed by atoms with Crippen molar-refractivity contribution in [3.05, 3.63) is 0 Å². The van der Waals surface area contributed by atoms with E-state index < -0.39 is 6.10 Å². The molecule has 0 amide bonds. The molecule has 1 atom stereocenters. The molecule has 0 aromatic heterocycles. The molecule has 0 aliphatic carbocycles. The Morgan fingerprint density at radius 3 is 2.57 bits per heavy atom. The highest BCUT2D eigenvalue weighted by atomic mass is 35.5. The van der Waals surface area contributed by atoms with E-state index in [1.54, 1.807) is 6.07 Å². The van der Waals surface area contributed by atoms with Gasteiger partial charge in [-0.05, 0) is 0 Å². The van der Waals surface area contributed by atoms with Crippen molar-refractivity contribution in [3.8, 4) is 6.07 Å². The zero-order valence-electron chi connectivity index (χ0n) is 3.72. The van der Waals surface area contributed by atoms with Crippen LogP contribution in [0.25, 0.3) is 0 Å². The van der Waals surface area contributed by atoms with Crippen LogP contribution in [0.2, 0.25) is 0 Å². The van der Waals surface area contributed by atoms with E-state index in [9.17, 15) is 5.11 Å². The molecule has 0 radical (unpaired) electrons. The summed E-state index contributed by atoms with van der Waals surface area (Å²) in [4.78, 5) is 0. The number of hydrogen-bond acceptors (Lipinski definition) is 2. The highest BCUT2D eigenvalue weighted by molar-refractivity contribution is 6.18. The molecule has 0 aliphatic rings. The van der Waals surface area contributed by atoms with Crippen molar-refractivity contribution in [2.75, 3.05) is 5.88 Å². The molecule has 0 rings (SSSR count). The molecule has 0 aliphatic heterocycles. The molecule has 0 N–H and O–H groups in total. The highest BCUT2D eigenvalue weighted by Crippen LogP contribution is 1.86. The molecule has 0 aromatic carbocycles. The smallest absolute Gasteiger partial charge is 0.0610 e. The van der Waals surface area contributed by atoms with Crippen LogP contribution < -0.4 is 5.11 Å². The lowest BCUT2D eigenvalue weighted by atomic mass is 10.3. The SMILES string of the molecule is N#CCC([O-])CCl. The van der Waals surface area contributed by atoms with Gasteiger partial charge in [-0.1, -0.05) is 6.10 Å². The summed E-state index contributed by atoms with van der Waals surface area (Å²) in [5.74, 6) is 0.0353. The van der Waals surface area contributed by atoms with Gasteiger partial charge in [-0.2, -0.15) is 5.26 Å². The molecule has 0 aromatic rings. The zero-order valence-corrected chi connectivity index (χ0v) is 4.48. The second kappa shape index (κ2) is 3.91. The Labute approximate surface area is 47.3 Å². The summed E-state index contributed by atoms with van der Waals surface area (Å²) >= 11 is 5.07. The van der Waals surface area contributed by atoms with Crippen LogP contribution in [0.3, 0.4) is 0 Å². The van der Waals surface area contributed by atoms with Gasteiger partial charge >= 0.3 is 0 Å². The van der Waals surface area contributed by atoms with E-state index in [-0.39, 0.29) is 12.3 Å². The van der Waals surface area contributed by atoms with E-state index in [0.29, 0.717) is 0 Å². The summed E-state index contributed by atoms with van der Waals surface area (Å²) in [7, 11) is 0. The van der Waals surface area contributed by atoms with Gasteiger partial charge < -0.3 is 5.11 Å². The van der Waals surface area contributed by atoms with Gasteiger partial charge in [-0.3, -0.25) is 0 Å². The van der Waals surface area contributed by atoms with Crippen LogP contribution in [-0.2, 0) is 0 Å². The third-order valence-electron chi connectivity index (χ3n) is 0.491. The van der Waals surface area contributed by atoms with Gasteiger partial charge in [0.05, 0.1) is 6.07 Å². The average Bonchev–Trinajstić information content (AvgIpc) is 1.68. The molecular weight excluding hydrogens is 114 g/mol. The van der Waals surface area contributed by atoms with Gasteiger partial charge in [-0.15, -0.1) is 11.6 Å². The Hall–Kier alpha value is -0.260. The minimum absolute atomic E-state index is 0.0174. The van der Waals surface area contributed by atoms with Gasteiger partial charge in [0.1, 0.15) is 0 Å². The number of rotatable bonds is 2. The zero-order chi connectivity index (χ0) is 5.70. The molecule has 7 heavy (non-hydrogen) atoms. The maximum absolute atomic E-state index is 10.1. The third kappa shape index (κ3) is 3.57. The third-order valence-corrected chi connectivity index (χ3v) is 0.835. The second-order valence-electron chi connectivity index (χ2n) is 1.14. The molecule has 2 nitrogen and oxygen atoms in total. The second-order valence-corrected chi connectivity index (χ2v) is 1.45. The van der Waals surface area contributed by atoms with Gasteiger partial charge in [0.15, 0.2) is 0 Å². The standard InChI is InChI=1S/C4H5ClNO/c5-3-4(7)1-2-6/h4H,1,3H2/q-1. The molecule has 0 saturated heterocycles. The van der Waals surface area contributed by atoms with E-state index in [1.165, 1.54) is 0 Å². The molecule has 0 saturated carbocycles. The van der Waals surface area contributed by atoms with Crippen LogP contribution in [0.15, 0.2) is 0 Å². The van der Waals surface area contributed by atoms with Crippen molar-refractivity contribution < 1.29 is 5.11 Å². The summed E-state index contributed by atoms with van der Waals surface area (Å²) in [6, 6.07) is 1.72. The van der Waals surface area contributed by atoms with Gasteiger partial charge in [0.25, 0.3) is 0 Å². The molecule has 0 bridgehead atoms. The summed E-state index contributed by atoms with van der Waals surface area (Å²) < 4.78 is 0. The number of hydrogen-bond donors (Lipinski definition) is 0. The van der Waals surface area contributed by atoms with Crippen molar-refractivity contribution in [2.45, 2.75) is 12.5 Å². The minimum Gasteiger partial charge on any atom is -0.850 e. The van der Waals surface area contributed by atoms with Gasteiger partial charge in [-0.25, -0.2) is 0 Å². The van der Waals surface area contributed by atoms with Crippen LogP contribution in [-0.4, -0.2) is 12.0 Å². The van der Waals surface area contributed by atoms with Crippen LogP contribution >= 0.6 is 11.6 Å². The van der Waals surface area contributed by atoms with Crippen molar-refractivity contribution in [3.63, 3.8) is 0 Å². The lowest BCUT2D eigenvalue weighted by Crippen LogP contribution is -2.25. The summed E-state index contributed by atoms with van der Waals surface area (Å²) in [6.45, 7) is 0. The Morgan fingerprint density at radius 1 is 1.86 bits per heavy atom. The molecule has 0 fully saturated rings. The number of halogens is 1. The van der Waals surface area contributed by atoms with E-state index in [2.05, 4.69) is 0 Å². The van der Waals surface area contributed by atoms with Crippen LogP contribution in [0.4, 0.5) is 0 Å². The minimum atomic E-state index is -0.897. The molecule has 1 unspecified atom stereocenters. The molecule has 40 valence electrons. The summed E-state index contributed by atoms with van der Waals surface area (Å²) in [5.41, 5.74) is 0. The lowest BCUT2D eigenvalue weighted by Gasteiger charge is -2.11. The van der Waals surface area contributed by atoms with Crippen molar-refractivity contribution in [1.82, 2.24) is 0 Å². The first-order valence-electron chi connectivity index (χ1n) is 1.90. The quantitative estimate of drug-likeness (QED) is 0.474. The maximum Gasteiger partial charge on any atom is 0.0610 e. The van der Waals surface area contributed by atoms with Crippen molar-refractivity contribution in [2.24, 2.45) is 0 Å². The maximum atomic E-state index is 10.1. The van der Waals surface area contributed by atoms with Crippen LogP contribution in [0.1, 0.15) is 6.42 Å². The van der Waals surface area contributed by atoms with Crippen molar-refractivity contribution >= 4 is 11.6 Å². The Kier molecular flexibility index (Phi) is 3.77. The largest absolute Gasteiger partial charge is 0.850 e. The van der Waals surface area contributed by atoms with Crippen LogP contribution in [0.5, 0.6) is 0 Å². The fourth-order valence-electron chi connectivity index (χ4n) is 0.156. The molecule has 0 heterocycles. The number of nitriles is 1. The van der Waals surface area contributed by atoms with E-state index >= 15 is 0 Å². The Bertz CT molecular complexity index is 78.2. The first kappa shape index (κ1) is 6.74. The molecular formula is C4H5ClNO-. The van der Waals surface area contributed by atoms with E-state index in [4.69, 9.17) is 16.9 Å². The predicted molar refractivity (Wildman–Crippen MR) is 24.7 cm³/mol. The van der Waals surface area contributed by atoms with Gasteiger partial charge in [0.2, 0.25) is 0 Å². The fraction of sp³-hybridized carbons (Fsp3) is 0.750. The van der Waals surface area contributed by atoms with E-state index in [1.807, 2.05) is 0 Å². The normalized spacial score (nSPS) is 12.7. The predicted octanol–water partition coefficient (Wildman–Crippen LogP) is -0.132. The number of nitrogens with zero attached hydrogens (tertiary/aromatic N) is 1. The van der Waals surface area contributed by atoms with Gasteiger partial charge in [0, 0.05) is 12.3 Å². The number of alkyl halides is 1. The highest BCUT2D eigenvalue weighted by Gasteiger charge is 1.85. The van der Waals surface area contributed by atoms with E-state index in [0.717, 1.165) is 0 Å². The first-order valence-corrected chi connectivity index (χ1v) is 2.43. The first-order chi connectivity index (χ1) is 3.31. The van der Waals surface area contributed by atoms with Crippen LogP contribution in [0, 0.1) is 11.3 Å². The average molecular weight is 119 g/mol. The van der Waals surface area contributed by atoms with Crippen molar-refractivity contribution in [1.29, 1.82) is 5.26 Å². The monoisotopic (exact) mass is 118 g/mol. The lowest BCUT2D eigenvalue weighted by molar-refractivity contribution is -0.410. The Morgan fingerprint density at radius 2 is 2.43 bits per heavy atom. The summed E-state index contributed by atoms with van der Waals surface area (Å²) in [5, 5.41) is 18.0. The Balaban J connectivity index is 3.03. The molecule has 3 heteroatoms. The molecule has 0 spiro atoms.